The average molecular weight is 693 g/mol. The van der Waals surface area contributed by atoms with Crippen molar-refractivity contribution in [2.24, 2.45) is 0 Å². The molecule has 48 heavy (non-hydrogen) atoms. The number of rotatable bonds is 36. The Bertz CT molecular complexity index is 924. The largest absolute Gasteiger partial charge is 0.491 e. The van der Waals surface area contributed by atoms with Crippen LogP contribution < -0.4 is 10.1 Å². The Morgan fingerprint density at radius 1 is 0.562 bits per heavy atom. The molecule has 1 rings (SSSR count). The molecular weight excluding hydrogens is 640 g/mol. The predicted octanol–water partition coefficient (Wildman–Crippen LogP) is 1.49. The third kappa shape index (κ3) is 29.2. The summed E-state index contributed by atoms with van der Waals surface area (Å²) in [6.07, 6.45) is 0.459. The first-order valence-electron chi connectivity index (χ1n) is 16.0. The van der Waals surface area contributed by atoms with Gasteiger partial charge in [-0.15, -0.1) is 0 Å². The van der Waals surface area contributed by atoms with E-state index in [0.29, 0.717) is 144 Å². The standard InChI is InChI=1S/C31H52N2O15/c34-30(6-7-31(35)36)32-8-1-9-39-10-11-40-12-13-41-14-15-42-16-17-43-18-19-44-20-21-45-22-23-46-24-25-47-26-27-48-29-4-2-28(3-5-29)33(37)38/h2-5H,1,6-27H2,(H,32,34)(H,35,36). The molecule has 0 heterocycles. The molecular formula is C31H52N2O15. The van der Waals surface area contributed by atoms with E-state index in [2.05, 4.69) is 5.32 Å². The van der Waals surface area contributed by atoms with Crippen LogP contribution in [-0.2, 0) is 52.2 Å². The molecule has 17 heteroatoms. The zero-order valence-electron chi connectivity index (χ0n) is 27.7. The number of carboxylic acid groups (broad SMARTS) is 1. The number of carbonyl (C=O) groups excluding carboxylic acids is 1. The number of nitro groups is 1. The number of non-ortho nitro benzene ring substituents is 1. The number of hydrogen-bond donors (Lipinski definition) is 2. The average Bonchev–Trinajstić information content (AvgIpc) is 3.08. The first kappa shape index (κ1) is 43.0. The molecule has 0 aliphatic rings. The zero-order chi connectivity index (χ0) is 34.8. The van der Waals surface area contributed by atoms with Gasteiger partial charge in [-0.1, -0.05) is 0 Å². The first-order valence-corrected chi connectivity index (χ1v) is 16.0. The van der Waals surface area contributed by atoms with Crippen LogP contribution in [-0.4, -0.2) is 154 Å². The Labute approximate surface area is 281 Å². The number of carboxylic acids is 1. The minimum Gasteiger partial charge on any atom is -0.491 e. The molecule has 0 bridgehead atoms. The lowest BCUT2D eigenvalue weighted by atomic mass is 10.3. The van der Waals surface area contributed by atoms with Crippen molar-refractivity contribution in [1.29, 1.82) is 0 Å². The zero-order valence-corrected chi connectivity index (χ0v) is 27.7. The highest BCUT2D eigenvalue weighted by molar-refractivity contribution is 5.80. The Balaban J connectivity index is 1.66. The van der Waals surface area contributed by atoms with Gasteiger partial charge >= 0.3 is 5.97 Å². The van der Waals surface area contributed by atoms with Crippen LogP contribution in [0.5, 0.6) is 5.75 Å². The first-order chi connectivity index (χ1) is 23.5. The molecule has 0 radical (unpaired) electrons. The van der Waals surface area contributed by atoms with E-state index >= 15 is 0 Å². The molecule has 0 saturated heterocycles. The third-order valence-corrected chi connectivity index (χ3v) is 5.87. The predicted molar refractivity (Wildman–Crippen MR) is 170 cm³/mol. The Hall–Kier alpha value is -3.00. The van der Waals surface area contributed by atoms with Crippen molar-refractivity contribution in [3.8, 4) is 5.75 Å². The molecule has 17 nitrogen and oxygen atoms in total. The van der Waals surface area contributed by atoms with Crippen LogP contribution in [0.2, 0.25) is 0 Å². The van der Waals surface area contributed by atoms with Crippen molar-refractivity contribution in [2.75, 3.05) is 132 Å². The molecule has 0 aliphatic heterocycles. The maximum atomic E-state index is 11.4. The second-order valence-electron chi connectivity index (χ2n) is 9.71. The van der Waals surface area contributed by atoms with E-state index in [1.54, 1.807) is 12.1 Å². The summed E-state index contributed by atoms with van der Waals surface area (Å²) in [4.78, 5) is 31.9. The smallest absolute Gasteiger partial charge is 0.303 e. The fraction of sp³-hybridized carbons (Fsp3) is 0.742. The highest BCUT2D eigenvalue weighted by Crippen LogP contribution is 2.17. The summed E-state index contributed by atoms with van der Waals surface area (Å²) in [6.45, 7) is 8.93. The summed E-state index contributed by atoms with van der Waals surface area (Å²) in [7, 11) is 0. The molecule has 0 saturated carbocycles. The third-order valence-electron chi connectivity index (χ3n) is 5.87. The monoisotopic (exact) mass is 692 g/mol. The van der Waals surface area contributed by atoms with E-state index < -0.39 is 10.9 Å². The van der Waals surface area contributed by atoms with E-state index in [0.717, 1.165) is 0 Å². The fourth-order valence-corrected chi connectivity index (χ4v) is 3.45. The number of nitrogens with zero attached hydrogens (tertiary/aromatic N) is 1. The van der Waals surface area contributed by atoms with Gasteiger partial charge in [-0.05, 0) is 18.6 Å². The maximum absolute atomic E-state index is 11.4. The minimum absolute atomic E-state index is 0.0161. The molecule has 0 unspecified atom stereocenters. The van der Waals surface area contributed by atoms with Crippen molar-refractivity contribution in [1.82, 2.24) is 5.32 Å². The van der Waals surface area contributed by atoms with Crippen molar-refractivity contribution in [3.63, 3.8) is 0 Å². The van der Waals surface area contributed by atoms with Crippen LogP contribution in [0.15, 0.2) is 24.3 Å². The summed E-state index contributed by atoms with van der Waals surface area (Å²) >= 11 is 0. The van der Waals surface area contributed by atoms with Gasteiger partial charge in [0.05, 0.1) is 124 Å². The van der Waals surface area contributed by atoms with Crippen LogP contribution >= 0.6 is 0 Å². The summed E-state index contributed by atoms with van der Waals surface area (Å²) in [5, 5.41) is 21.8. The van der Waals surface area contributed by atoms with Gasteiger partial charge in [0.25, 0.3) is 5.69 Å². The van der Waals surface area contributed by atoms with Crippen molar-refractivity contribution in [2.45, 2.75) is 19.3 Å². The van der Waals surface area contributed by atoms with Crippen LogP contribution in [0, 0.1) is 10.1 Å². The Morgan fingerprint density at radius 3 is 1.27 bits per heavy atom. The van der Waals surface area contributed by atoms with Gasteiger partial charge in [-0.25, -0.2) is 0 Å². The quantitative estimate of drug-likeness (QED) is 0.0581. The Morgan fingerprint density at radius 2 is 0.917 bits per heavy atom. The summed E-state index contributed by atoms with van der Waals surface area (Å²) in [6, 6.07) is 5.88. The van der Waals surface area contributed by atoms with Gasteiger partial charge < -0.3 is 57.8 Å². The highest BCUT2D eigenvalue weighted by atomic mass is 16.6. The van der Waals surface area contributed by atoms with Crippen LogP contribution in [0.1, 0.15) is 19.3 Å². The van der Waals surface area contributed by atoms with Gasteiger partial charge in [0, 0.05) is 31.7 Å². The lowest BCUT2D eigenvalue weighted by Crippen LogP contribution is -2.25. The van der Waals surface area contributed by atoms with Gasteiger partial charge in [0.2, 0.25) is 5.91 Å². The molecule has 276 valence electrons. The van der Waals surface area contributed by atoms with Gasteiger partial charge in [-0.2, -0.15) is 0 Å². The van der Waals surface area contributed by atoms with Gasteiger partial charge in [0.1, 0.15) is 12.4 Å². The fourth-order valence-electron chi connectivity index (χ4n) is 3.45. The molecule has 0 atom stereocenters. The molecule has 0 spiro atoms. The lowest BCUT2D eigenvalue weighted by molar-refractivity contribution is -0.384. The normalized spacial score (nSPS) is 11.1. The molecule has 2 N–H and O–H groups in total. The number of benzene rings is 1. The highest BCUT2D eigenvalue weighted by Gasteiger charge is 2.05. The molecule has 1 amide bonds. The van der Waals surface area contributed by atoms with Crippen molar-refractivity contribution >= 4 is 17.6 Å². The lowest BCUT2D eigenvalue weighted by Gasteiger charge is -2.09. The van der Waals surface area contributed by atoms with Crippen molar-refractivity contribution in [3.05, 3.63) is 34.4 Å². The molecule has 1 aromatic rings. The second kappa shape index (κ2) is 32.5. The number of nitrogens with one attached hydrogen (secondary N) is 1. The number of carbonyl (C=O) groups is 2. The Kier molecular flexibility index (Phi) is 29.2. The number of ether oxygens (including phenoxy) is 10. The van der Waals surface area contributed by atoms with E-state index in [-0.39, 0.29) is 24.4 Å². The topological polar surface area (TPSA) is 202 Å². The maximum Gasteiger partial charge on any atom is 0.303 e. The number of amides is 1. The molecule has 0 aromatic heterocycles. The number of hydrogen-bond acceptors (Lipinski definition) is 14. The molecule has 0 aliphatic carbocycles. The van der Waals surface area contributed by atoms with E-state index in [1.807, 2.05) is 0 Å². The number of nitro benzene ring substituents is 1. The minimum atomic E-state index is -0.988. The molecule has 0 fully saturated rings. The molecule has 1 aromatic carbocycles. The van der Waals surface area contributed by atoms with Crippen molar-refractivity contribution < 1.29 is 67.0 Å². The second-order valence-corrected chi connectivity index (χ2v) is 9.71. The van der Waals surface area contributed by atoms with Crippen LogP contribution in [0.25, 0.3) is 0 Å². The van der Waals surface area contributed by atoms with E-state index in [9.17, 15) is 19.7 Å². The van der Waals surface area contributed by atoms with Crippen LogP contribution in [0.3, 0.4) is 0 Å². The summed E-state index contributed by atoms with van der Waals surface area (Å²) in [5.74, 6) is -0.713. The van der Waals surface area contributed by atoms with E-state index in [1.165, 1.54) is 12.1 Å². The SMILES string of the molecule is O=C(O)CCC(=O)NCCCOCCOCCOCCOCCOCCOCCOCCOCCOCCOc1ccc([N+](=O)[O-])cc1. The van der Waals surface area contributed by atoms with Crippen LogP contribution in [0.4, 0.5) is 5.69 Å². The van der Waals surface area contributed by atoms with Gasteiger partial charge in [-0.3, -0.25) is 19.7 Å². The number of aliphatic carboxylic acids is 1. The van der Waals surface area contributed by atoms with E-state index in [4.69, 9.17) is 52.5 Å². The van der Waals surface area contributed by atoms with Gasteiger partial charge in [0.15, 0.2) is 0 Å². The summed E-state index contributed by atoms with van der Waals surface area (Å²) < 4.78 is 54.4. The summed E-state index contributed by atoms with van der Waals surface area (Å²) in [5.41, 5.74) is 0.0188.